The minimum Gasteiger partial charge on any atom is -0.251 e. The lowest BCUT2D eigenvalue weighted by Gasteiger charge is -2.00. The molecule has 0 aliphatic carbocycles. The Balaban J connectivity index is 2.38. The van der Waals surface area contributed by atoms with Crippen LogP contribution < -0.4 is 0 Å². The van der Waals surface area contributed by atoms with Gasteiger partial charge >= 0.3 is 0 Å². The maximum Gasteiger partial charge on any atom is 0.0535 e. The highest BCUT2D eigenvalue weighted by Crippen LogP contribution is 2.13. The maximum atomic E-state index is 4.79. The molecule has 0 amide bonds. The Morgan fingerprint density at radius 3 is 2.83 bits per heavy atom. The van der Waals surface area contributed by atoms with E-state index >= 15 is 0 Å². The van der Waals surface area contributed by atoms with Gasteiger partial charge in [0, 0.05) is 18.7 Å². The minimum atomic E-state index is 1.33. The van der Waals surface area contributed by atoms with Gasteiger partial charge in [-0.1, -0.05) is 0 Å². The average Bonchev–Trinajstić information content (AvgIpc) is 1.86. The summed E-state index contributed by atoms with van der Waals surface area (Å²) in [5.41, 5.74) is 0. The molecule has 0 aromatic carbocycles. The van der Waals surface area contributed by atoms with Crippen LogP contribution in [-0.4, -0.2) is 12.1 Å². The third-order valence-corrected chi connectivity index (χ3v) is 1.04. The van der Waals surface area contributed by atoms with Gasteiger partial charge in [0.05, 0.1) is 12.0 Å². The van der Waals surface area contributed by atoms with Crippen molar-refractivity contribution in [2.45, 2.75) is 0 Å². The second kappa shape index (κ2) is 1.53. The molecule has 0 saturated carbocycles. The molecule has 1 rings (SSSR count). The van der Waals surface area contributed by atoms with Crippen LogP contribution in [0.25, 0.3) is 0 Å². The van der Waals surface area contributed by atoms with Crippen LogP contribution in [0.5, 0.6) is 0 Å². The lowest BCUT2D eigenvalue weighted by atomic mass is 11.0. The van der Waals surface area contributed by atoms with E-state index in [0.717, 1.165) is 0 Å². The fourth-order valence-corrected chi connectivity index (χ4v) is 0.684. The fraction of sp³-hybridized carbons (Fsp3) is 0.333. The Morgan fingerprint density at radius 2 is 2.67 bits per heavy atom. The Kier molecular flexibility index (Phi) is 1.03. The molecule has 34 valence electrons. The molecule has 1 heterocycles. The largest absolute Gasteiger partial charge is 0.251 e. The fourth-order valence-electron chi connectivity index (χ4n) is 0.228. The molecule has 1 aliphatic rings. The van der Waals surface area contributed by atoms with Crippen molar-refractivity contribution in [1.29, 1.82) is 0 Å². The monoisotopic (exact) mass is 103 g/mol. The number of hydrogen-bond acceptors (Lipinski definition) is 3. The van der Waals surface area contributed by atoms with Gasteiger partial charge in [0.25, 0.3) is 0 Å². The highest BCUT2D eigenvalue weighted by atomic mass is 32.2. The van der Waals surface area contributed by atoms with Gasteiger partial charge in [-0.15, -0.1) is 0 Å². The molecule has 0 bridgehead atoms. The second-order valence-electron chi connectivity index (χ2n) is 1.00. The summed E-state index contributed by atoms with van der Waals surface area (Å²) in [4.78, 5) is 0. The van der Waals surface area contributed by atoms with Gasteiger partial charge in [0.1, 0.15) is 0 Å². The highest BCUT2D eigenvalue weighted by molar-refractivity contribution is 7.97. The van der Waals surface area contributed by atoms with Crippen molar-refractivity contribution in [1.82, 2.24) is 5.06 Å². The normalized spacial score (nSPS) is 19.8. The van der Waals surface area contributed by atoms with Crippen LogP contribution in [-0.2, 0) is 4.28 Å². The van der Waals surface area contributed by atoms with E-state index in [2.05, 4.69) is 0 Å². The first kappa shape index (κ1) is 4.02. The van der Waals surface area contributed by atoms with Gasteiger partial charge < -0.3 is 0 Å². The second-order valence-corrected chi connectivity index (χ2v) is 1.62. The van der Waals surface area contributed by atoms with Crippen molar-refractivity contribution in [3.63, 3.8) is 0 Å². The molecule has 0 saturated heterocycles. The van der Waals surface area contributed by atoms with Crippen LogP contribution in [0.4, 0.5) is 0 Å². The molecule has 0 fully saturated rings. The maximum absolute atomic E-state index is 4.79. The molecule has 2 nitrogen and oxygen atoms in total. The van der Waals surface area contributed by atoms with Crippen LogP contribution >= 0.6 is 12.0 Å². The van der Waals surface area contributed by atoms with E-state index in [1.807, 2.05) is 18.7 Å². The third-order valence-electron chi connectivity index (χ3n) is 0.487. The van der Waals surface area contributed by atoms with Crippen molar-refractivity contribution in [2.24, 2.45) is 0 Å². The molecule has 0 aromatic rings. The molecule has 0 radical (unpaired) electrons. The van der Waals surface area contributed by atoms with Crippen molar-refractivity contribution >= 4 is 12.0 Å². The Hall–Kier alpha value is -0.150. The summed E-state index contributed by atoms with van der Waals surface area (Å²) in [6, 6.07) is 0. The van der Waals surface area contributed by atoms with Crippen molar-refractivity contribution in [3.8, 4) is 0 Å². The standard InChI is InChI=1S/C3H5NOS/c1-4-2-3-6-5-4/h2-3H,1H3. The van der Waals surface area contributed by atoms with Gasteiger partial charge in [0.15, 0.2) is 0 Å². The third kappa shape index (κ3) is 0.666. The van der Waals surface area contributed by atoms with Gasteiger partial charge in [-0.2, -0.15) is 4.28 Å². The van der Waals surface area contributed by atoms with Crippen LogP contribution in [0.15, 0.2) is 11.6 Å². The quantitative estimate of drug-likeness (QED) is 0.424. The number of hydrogen-bond donors (Lipinski definition) is 0. The van der Waals surface area contributed by atoms with Gasteiger partial charge in [0.2, 0.25) is 0 Å². The van der Waals surface area contributed by atoms with Crippen LogP contribution in [0.3, 0.4) is 0 Å². The van der Waals surface area contributed by atoms with E-state index < -0.39 is 0 Å². The molecule has 0 aromatic heterocycles. The molecule has 6 heavy (non-hydrogen) atoms. The first-order chi connectivity index (χ1) is 2.89. The summed E-state index contributed by atoms with van der Waals surface area (Å²) < 4.78 is 4.79. The summed E-state index contributed by atoms with van der Waals surface area (Å²) in [6.07, 6.45) is 1.85. The number of rotatable bonds is 0. The van der Waals surface area contributed by atoms with Gasteiger partial charge in [-0.3, -0.25) is 5.06 Å². The van der Waals surface area contributed by atoms with Crippen LogP contribution in [0.2, 0.25) is 0 Å². The zero-order valence-corrected chi connectivity index (χ0v) is 4.23. The SMILES string of the molecule is CN1C=CSO1. The molecular weight excluding hydrogens is 98.1 g/mol. The summed E-state index contributed by atoms with van der Waals surface area (Å²) in [5.74, 6) is 0. The van der Waals surface area contributed by atoms with E-state index in [0.29, 0.717) is 0 Å². The summed E-state index contributed by atoms with van der Waals surface area (Å²) in [6.45, 7) is 0. The lowest BCUT2D eigenvalue weighted by molar-refractivity contribution is 0.0592. The molecule has 1 aliphatic heterocycles. The molecule has 3 heteroatoms. The predicted molar refractivity (Wildman–Crippen MR) is 25.6 cm³/mol. The lowest BCUT2D eigenvalue weighted by Crippen LogP contribution is -1.99. The van der Waals surface area contributed by atoms with Gasteiger partial charge in [-0.05, 0) is 0 Å². The Morgan fingerprint density at radius 1 is 1.83 bits per heavy atom. The van der Waals surface area contributed by atoms with E-state index in [-0.39, 0.29) is 0 Å². The number of hydroxylamine groups is 2. The van der Waals surface area contributed by atoms with Crippen molar-refractivity contribution in [2.75, 3.05) is 7.05 Å². The van der Waals surface area contributed by atoms with E-state index in [1.54, 1.807) is 5.06 Å². The molecule has 0 unspecified atom stereocenters. The first-order valence-corrected chi connectivity index (χ1v) is 2.43. The van der Waals surface area contributed by atoms with Crippen molar-refractivity contribution in [3.05, 3.63) is 11.6 Å². The van der Waals surface area contributed by atoms with Gasteiger partial charge in [-0.25, -0.2) is 0 Å². The number of nitrogens with zero attached hydrogens (tertiary/aromatic N) is 1. The zero-order chi connectivity index (χ0) is 4.41. The van der Waals surface area contributed by atoms with Crippen LogP contribution in [0.1, 0.15) is 0 Å². The predicted octanol–water partition coefficient (Wildman–Crippen LogP) is 0.983. The molecule has 0 N–H and O–H groups in total. The highest BCUT2D eigenvalue weighted by Gasteiger charge is 1.94. The topological polar surface area (TPSA) is 12.5 Å². The summed E-state index contributed by atoms with van der Waals surface area (Å²) >= 11 is 1.33. The molecular formula is C3H5NOS. The first-order valence-electron chi connectivity index (χ1n) is 1.62. The smallest absolute Gasteiger partial charge is 0.0535 e. The summed E-state index contributed by atoms with van der Waals surface area (Å²) in [7, 11) is 1.84. The van der Waals surface area contributed by atoms with Crippen LogP contribution in [0, 0.1) is 0 Å². The minimum absolute atomic E-state index is 1.33. The Bertz CT molecular complexity index is 73.2. The zero-order valence-electron chi connectivity index (χ0n) is 3.42. The van der Waals surface area contributed by atoms with Crippen molar-refractivity contribution < 1.29 is 4.28 Å². The van der Waals surface area contributed by atoms with E-state index in [9.17, 15) is 0 Å². The average molecular weight is 103 g/mol. The Labute approximate surface area is 40.9 Å². The summed E-state index contributed by atoms with van der Waals surface area (Å²) in [5, 5.41) is 3.52. The van der Waals surface area contributed by atoms with E-state index in [4.69, 9.17) is 4.28 Å². The molecule has 0 spiro atoms. The van der Waals surface area contributed by atoms with E-state index in [1.165, 1.54) is 12.0 Å². The molecule has 0 atom stereocenters.